The average molecular weight is 375 g/mol. The zero-order chi connectivity index (χ0) is 18.4. The molecule has 1 aliphatic heterocycles. The van der Waals surface area contributed by atoms with Crippen molar-refractivity contribution in [1.82, 2.24) is 5.32 Å². The van der Waals surface area contributed by atoms with Crippen LogP contribution >= 0.6 is 11.6 Å². The third-order valence-electron chi connectivity index (χ3n) is 4.61. The topological polar surface area (TPSA) is 73.6 Å². The number of hydrogen-bond donors (Lipinski definition) is 2. The minimum absolute atomic E-state index is 0.136. The van der Waals surface area contributed by atoms with Gasteiger partial charge in [-0.2, -0.15) is 0 Å². The number of ether oxygens (including phenoxy) is 2. The molecule has 0 saturated carbocycles. The molecule has 0 spiro atoms. The van der Waals surface area contributed by atoms with Crippen molar-refractivity contribution >= 4 is 17.5 Å². The number of halogens is 1. The molecule has 5 nitrogen and oxygen atoms in total. The predicted octanol–water partition coefficient (Wildman–Crippen LogP) is 3.04. The summed E-state index contributed by atoms with van der Waals surface area (Å²) in [6.07, 6.45) is 1.08. The molecule has 1 saturated heterocycles. The highest BCUT2D eigenvalue weighted by atomic mass is 35.5. The Bertz CT molecular complexity index is 760. The lowest BCUT2D eigenvalue weighted by Crippen LogP contribution is -2.56. The molecule has 1 aliphatic rings. The molecule has 2 aromatic rings. The molecule has 1 amide bonds. The largest absolute Gasteiger partial charge is 0.487 e. The fourth-order valence-corrected chi connectivity index (χ4v) is 3.09. The molecule has 1 fully saturated rings. The number of nitrogens with two attached hydrogens (primary N) is 1. The van der Waals surface area contributed by atoms with Crippen LogP contribution in [0.2, 0.25) is 5.02 Å². The maximum Gasteiger partial charge on any atom is 0.240 e. The van der Waals surface area contributed by atoms with Crippen molar-refractivity contribution in [1.29, 1.82) is 0 Å². The number of carbonyl (C=O) groups is 1. The van der Waals surface area contributed by atoms with E-state index in [1.807, 2.05) is 42.5 Å². The van der Waals surface area contributed by atoms with Crippen molar-refractivity contribution < 1.29 is 14.3 Å². The molecular formula is C20H23ClN2O3. The van der Waals surface area contributed by atoms with Gasteiger partial charge in [0.1, 0.15) is 12.4 Å². The van der Waals surface area contributed by atoms with E-state index < -0.39 is 5.54 Å². The number of hydrogen-bond acceptors (Lipinski definition) is 4. The van der Waals surface area contributed by atoms with Gasteiger partial charge in [-0.15, -0.1) is 0 Å². The Labute approximate surface area is 158 Å². The first-order chi connectivity index (χ1) is 12.6. The van der Waals surface area contributed by atoms with E-state index in [4.69, 9.17) is 26.8 Å². The highest BCUT2D eigenvalue weighted by Crippen LogP contribution is 2.24. The van der Waals surface area contributed by atoms with Crippen molar-refractivity contribution in [2.45, 2.75) is 31.5 Å². The first-order valence-electron chi connectivity index (χ1n) is 8.67. The van der Waals surface area contributed by atoms with Gasteiger partial charge in [0.15, 0.2) is 0 Å². The lowest BCUT2D eigenvalue weighted by Gasteiger charge is -2.31. The van der Waals surface area contributed by atoms with Crippen LogP contribution in [-0.4, -0.2) is 24.7 Å². The van der Waals surface area contributed by atoms with Crippen molar-refractivity contribution in [2.75, 3.05) is 13.2 Å². The maximum atomic E-state index is 12.5. The molecule has 26 heavy (non-hydrogen) atoms. The van der Waals surface area contributed by atoms with Gasteiger partial charge in [-0.1, -0.05) is 48.0 Å². The minimum atomic E-state index is -0.846. The van der Waals surface area contributed by atoms with Crippen molar-refractivity contribution in [2.24, 2.45) is 5.73 Å². The Kier molecular flexibility index (Phi) is 6.14. The summed E-state index contributed by atoms with van der Waals surface area (Å²) in [5.41, 5.74) is 7.36. The van der Waals surface area contributed by atoms with E-state index in [0.29, 0.717) is 50.0 Å². The van der Waals surface area contributed by atoms with Gasteiger partial charge in [-0.05, 0) is 36.1 Å². The van der Waals surface area contributed by atoms with E-state index in [0.717, 1.165) is 11.1 Å². The molecule has 2 aromatic carbocycles. The fourth-order valence-electron chi connectivity index (χ4n) is 2.90. The number of amides is 1. The van der Waals surface area contributed by atoms with E-state index in [9.17, 15) is 4.79 Å². The summed E-state index contributed by atoms with van der Waals surface area (Å²) in [7, 11) is 0. The third-order valence-corrected chi connectivity index (χ3v) is 4.93. The number of nitrogens with one attached hydrogen (secondary N) is 1. The highest BCUT2D eigenvalue weighted by Gasteiger charge is 2.35. The molecule has 3 N–H and O–H groups in total. The lowest BCUT2D eigenvalue weighted by molar-refractivity contribution is -0.129. The molecule has 6 heteroatoms. The van der Waals surface area contributed by atoms with Crippen LogP contribution in [-0.2, 0) is 22.7 Å². The number of benzene rings is 2. The summed E-state index contributed by atoms with van der Waals surface area (Å²) in [6, 6.07) is 15.2. The molecule has 1 heterocycles. The maximum absolute atomic E-state index is 12.5. The number of para-hydroxylation sites is 1. The normalized spacial score (nSPS) is 16.1. The van der Waals surface area contributed by atoms with Crippen molar-refractivity contribution in [3.05, 3.63) is 64.7 Å². The molecule has 0 radical (unpaired) electrons. The molecular weight excluding hydrogens is 352 g/mol. The molecule has 138 valence electrons. The first kappa shape index (κ1) is 18.7. The molecule has 0 aliphatic carbocycles. The van der Waals surface area contributed by atoms with Crippen molar-refractivity contribution in [3.8, 4) is 5.75 Å². The Balaban J connectivity index is 1.62. The summed E-state index contributed by atoms with van der Waals surface area (Å²) < 4.78 is 11.1. The van der Waals surface area contributed by atoms with E-state index in [1.54, 1.807) is 6.07 Å². The van der Waals surface area contributed by atoms with Crippen LogP contribution in [0, 0.1) is 0 Å². The SMILES string of the molecule is NC1(C(=O)NCc2ccccc2COc2ccccc2Cl)CCOCC1. The van der Waals surface area contributed by atoms with Gasteiger partial charge in [0, 0.05) is 19.8 Å². The number of carbonyl (C=O) groups excluding carboxylic acids is 1. The van der Waals surface area contributed by atoms with Gasteiger partial charge >= 0.3 is 0 Å². The fraction of sp³-hybridized carbons (Fsp3) is 0.350. The molecule has 0 atom stereocenters. The Morgan fingerprint density at radius 2 is 1.77 bits per heavy atom. The summed E-state index contributed by atoms with van der Waals surface area (Å²) in [5.74, 6) is 0.499. The monoisotopic (exact) mass is 374 g/mol. The Morgan fingerprint density at radius 3 is 2.50 bits per heavy atom. The molecule has 0 unspecified atom stereocenters. The zero-order valence-electron chi connectivity index (χ0n) is 14.5. The minimum Gasteiger partial charge on any atom is -0.487 e. The van der Waals surface area contributed by atoms with Crippen LogP contribution in [0.4, 0.5) is 0 Å². The standard InChI is InChI=1S/C20H23ClN2O3/c21-17-7-3-4-8-18(17)26-14-16-6-2-1-5-15(16)13-23-19(24)20(22)9-11-25-12-10-20/h1-8H,9-14,22H2,(H,23,24). The van der Waals surface area contributed by atoms with Gasteiger partial charge in [-0.25, -0.2) is 0 Å². The molecule has 0 bridgehead atoms. The molecule has 0 aromatic heterocycles. The summed E-state index contributed by atoms with van der Waals surface area (Å²) in [4.78, 5) is 12.5. The van der Waals surface area contributed by atoms with Gasteiger partial charge in [0.25, 0.3) is 0 Å². The van der Waals surface area contributed by atoms with Crippen molar-refractivity contribution in [3.63, 3.8) is 0 Å². The van der Waals surface area contributed by atoms with Crippen LogP contribution < -0.4 is 15.8 Å². The second kappa shape index (κ2) is 8.54. The summed E-state index contributed by atoms with van der Waals surface area (Å²) in [6.45, 7) is 1.82. The third kappa shape index (κ3) is 4.55. The van der Waals surface area contributed by atoms with Crippen LogP contribution in [0.25, 0.3) is 0 Å². The average Bonchev–Trinajstić information content (AvgIpc) is 2.66. The lowest BCUT2D eigenvalue weighted by atomic mass is 9.90. The smallest absolute Gasteiger partial charge is 0.240 e. The van der Waals surface area contributed by atoms with E-state index in [2.05, 4.69) is 5.32 Å². The Morgan fingerprint density at radius 1 is 1.12 bits per heavy atom. The van der Waals surface area contributed by atoms with Gasteiger partial charge in [0.2, 0.25) is 5.91 Å². The van der Waals surface area contributed by atoms with Gasteiger partial charge in [-0.3, -0.25) is 4.79 Å². The van der Waals surface area contributed by atoms with Crippen LogP contribution in [0.15, 0.2) is 48.5 Å². The summed E-state index contributed by atoms with van der Waals surface area (Å²) in [5, 5.41) is 3.53. The van der Waals surface area contributed by atoms with Crippen LogP contribution in [0.1, 0.15) is 24.0 Å². The Hall–Kier alpha value is -2.08. The second-order valence-electron chi connectivity index (χ2n) is 6.44. The van der Waals surface area contributed by atoms with E-state index in [1.165, 1.54) is 0 Å². The van der Waals surface area contributed by atoms with E-state index >= 15 is 0 Å². The summed E-state index contributed by atoms with van der Waals surface area (Å²) >= 11 is 6.13. The predicted molar refractivity (Wildman–Crippen MR) is 101 cm³/mol. The molecule has 3 rings (SSSR count). The quantitative estimate of drug-likeness (QED) is 0.815. The first-order valence-corrected chi connectivity index (χ1v) is 9.05. The van der Waals surface area contributed by atoms with E-state index in [-0.39, 0.29) is 5.91 Å². The second-order valence-corrected chi connectivity index (χ2v) is 6.85. The number of rotatable bonds is 6. The van der Waals surface area contributed by atoms with Gasteiger partial charge < -0.3 is 20.5 Å². The zero-order valence-corrected chi connectivity index (χ0v) is 15.3. The van der Waals surface area contributed by atoms with Crippen LogP contribution in [0.5, 0.6) is 5.75 Å². The van der Waals surface area contributed by atoms with Crippen LogP contribution in [0.3, 0.4) is 0 Å². The van der Waals surface area contributed by atoms with Gasteiger partial charge in [0.05, 0.1) is 10.6 Å². The highest BCUT2D eigenvalue weighted by molar-refractivity contribution is 6.32.